The summed E-state index contributed by atoms with van der Waals surface area (Å²) in [5.74, 6) is -1.21. The van der Waals surface area contributed by atoms with Crippen molar-refractivity contribution in [2.75, 3.05) is 0 Å². The molecule has 0 aliphatic heterocycles. The Morgan fingerprint density at radius 1 is 1.00 bits per heavy atom. The van der Waals surface area contributed by atoms with Gasteiger partial charge in [-0.25, -0.2) is 0 Å². The minimum Gasteiger partial charge on any atom is -0.294 e. The number of benzene rings is 2. The molecule has 2 aromatic rings. The average molecular weight is 307 g/mol. The van der Waals surface area contributed by atoms with Crippen molar-refractivity contribution < 1.29 is 4.79 Å². The molecule has 2 atom stereocenters. The Kier molecular flexibility index (Phi) is 3.45. The molecule has 4 heteroatoms. The number of hydrogen-bond acceptors (Lipinski definition) is 3. The van der Waals surface area contributed by atoms with Gasteiger partial charge in [-0.1, -0.05) is 54.1 Å². The predicted octanol–water partition coefficient (Wildman–Crippen LogP) is 3.97. The first kappa shape index (κ1) is 14.3. The van der Waals surface area contributed by atoms with E-state index in [9.17, 15) is 15.3 Å². The summed E-state index contributed by atoms with van der Waals surface area (Å²) in [6.45, 7) is 0. The Labute approximate surface area is 133 Å². The van der Waals surface area contributed by atoms with Crippen molar-refractivity contribution in [2.24, 2.45) is 11.3 Å². The second-order valence-corrected chi connectivity index (χ2v) is 5.77. The highest BCUT2D eigenvalue weighted by Crippen LogP contribution is 2.65. The molecule has 0 amide bonds. The van der Waals surface area contributed by atoms with Crippen LogP contribution in [-0.2, 0) is 0 Å². The van der Waals surface area contributed by atoms with E-state index >= 15 is 0 Å². The van der Waals surface area contributed by atoms with Crippen molar-refractivity contribution in [3.63, 3.8) is 0 Å². The van der Waals surface area contributed by atoms with E-state index in [4.69, 9.17) is 11.6 Å². The van der Waals surface area contributed by atoms with Gasteiger partial charge < -0.3 is 0 Å². The molecule has 0 unspecified atom stereocenters. The highest BCUT2D eigenvalue weighted by molar-refractivity contribution is 6.30. The first-order chi connectivity index (χ1) is 10.6. The predicted molar refractivity (Wildman–Crippen MR) is 82.1 cm³/mol. The van der Waals surface area contributed by atoms with Crippen molar-refractivity contribution in [3.05, 3.63) is 70.7 Å². The first-order valence-electron chi connectivity index (χ1n) is 6.81. The lowest BCUT2D eigenvalue weighted by Crippen LogP contribution is -2.08. The van der Waals surface area contributed by atoms with Crippen molar-refractivity contribution in [2.45, 2.75) is 5.92 Å². The summed E-state index contributed by atoms with van der Waals surface area (Å²) in [6, 6.07) is 19.8. The molecule has 1 fully saturated rings. The monoisotopic (exact) mass is 306 g/mol. The third-order valence-electron chi connectivity index (χ3n) is 4.15. The second kappa shape index (κ2) is 5.30. The Morgan fingerprint density at radius 3 is 2.14 bits per heavy atom. The van der Waals surface area contributed by atoms with Crippen molar-refractivity contribution >= 4 is 17.4 Å². The van der Waals surface area contributed by atoms with Crippen LogP contribution in [0, 0.1) is 34.0 Å². The minimum atomic E-state index is -1.29. The summed E-state index contributed by atoms with van der Waals surface area (Å²) in [5, 5.41) is 19.5. The highest BCUT2D eigenvalue weighted by atomic mass is 35.5. The van der Waals surface area contributed by atoms with Gasteiger partial charge in [0.2, 0.25) is 0 Å². The minimum absolute atomic E-state index is 0.163. The van der Waals surface area contributed by atoms with Gasteiger partial charge in [0, 0.05) is 16.5 Å². The van der Waals surface area contributed by atoms with Crippen LogP contribution in [0.4, 0.5) is 0 Å². The van der Waals surface area contributed by atoms with Gasteiger partial charge in [0.1, 0.15) is 0 Å². The topological polar surface area (TPSA) is 64.7 Å². The van der Waals surface area contributed by atoms with Gasteiger partial charge in [0.05, 0.1) is 18.1 Å². The smallest absolute Gasteiger partial charge is 0.169 e. The van der Waals surface area contributed by atoms with E-state index in [2.05, 4.69) is 12.1 Å². The molecular formula is C18H11ClN2O. The molecule has 106 valence electrons. The van der Waals surface area contributed by atoms with Gasteiger partial charge in [0.15, 0.2) is 11.2 Å². The Hall–Kier alpha value is -2.62. The van der Waals surface area contributed by atoms with Gasteiger partial charge in [-0.3, -0.25) is 4.79 Å². The van der Waals surface area contributed by atoms with Gasteiger partial charge in [-0.05, 0) is 17.7 Å². The van der Waals surface area contributed by atoms with Crippen LogP contribution in [0.1, 0.15) is 21.8 Å². The largest absolute Gasteiger partial charge is 0.294 e. The van der Waals surface area contributed by atoms with E-state index in [1.165, 1.54) is 0 Å². The lowest BCUT2D eigenvalue weighted by molar-refractivity contribution is 0.0958. The highest BCUT2D eigenvalue weighted by Gasteiger charge is 2.70. The van der Waals surface area contributed by atoms with Crippen molar-refractivity contribution in [1.82, 2.24) is 0 Å². The standard InChI is InChI=1S/C18H11ClN2O/c19-14-8-6-12(7-9-14)15-16(18(15,10-20)11-21)17(22)13-4-2-1-3-5-13/h1-9,15-16H/t15-,16-/m0/s1. The number of Topliss-reactive ketones (excluding diaryl/α,β-unsaturated/α-hetero) is 1. The molecule has 0 spiro atoms. The van der Waals surface area contributed by atoms with Crippen LogP contribution in [0.2, 0.25) is 5.02 Å². The van der Waals surface area contributed by atoms with Gasteiger partial charge >= 0.3 is 0 Å². The molecule has 1 aliphatic rings. The maximum Gasteiger partial charge on any atom is 0.169 e. The average Bonchev–Trinajstić information content (AvgIpc) is 3.25. The van der Waals surface area contributed by atoms with E-state index in [1.807, 2.05) is 6.07 Å². The van der Waals surface area contributed by atoms with Crippen LogP contribution in [0.15, 0.2) is 54.6 Å². The molecule has 0 N–H and O–H groups in total. The molecule has 0 aromatic heterocycles. The van der Waals surface area contributed by atoms with Gasteiger partial charge in [-0.2, -0.15) is 10.5 Å². The summed E-state index contributed by atoms with van der Waals surface area (Å²) in [5.41, 5.74) is 0.0291. The zero-order valence-corrected chi connectivity index (χ0v) is 12.3. The summed E-state index contributed by atoms with van der Waals surface area (Å²) in [7, 11) is 0. The molecule has 3 rings (SSSR count). The fraction of sp³-hybridized carbons (Fsp3) is 0.167. The SMILES string of the molecule is N#CC1(C#N)[C@H](C(=O)c2ccccc2)[C@@H]1c1ccc(Cl)cc1. The molecule has 22 heavy (non-hydrogen) atoms. The zero-order valence-electron chi connectivity index (χ0n) is 11.5. The van der Waals surface area contributed by atoms with E-state index in [-0.39, 0.29) is 5.78 Å². The van der Waals surface area contributed by atoms with E-state index in [0.717, 1.165) is 5.56 Å². The number of nitrogens with zero attached hydrogens (tertiary/aromatic N) is 2. The maximum atomic E-state index is 12.7. The molecule has 0 heterocycles. The van der Waals surface area contributed by atoms with Crippen molar-refractivity contribution in [1.29, 1.82) is 10.5 Å². The number of carbonyl (C=O) groups is 1. The first-order valence-corrected chi connectivity index (χ1v) is 7.19. The van der Waals surface area contributed by atoms with E-state index in [0.29, 0.717) is 10.6 Å². The summed E-state index contributed by atoms with van der Waals surface area (Å²) < 4.78 is 0. The Morgan fingerprint density at radius 2 is 1.59 bits per heavy atom. The number of rotatable bonds is 3. The van der Waals surface area contributed by atoms with Crippen LogP contribution in [0.3, 0.4) is 0 Å². The van der Waals surface area contributed by atoms with Crippen LogP contribution in [0.25, 0.3) is 0 Å². The molecule has 1 aliphatic carbocycles. The quantitative estimate of drug-likeness (QED) is 0.806. The summed E-state index contributed by atoms with van der Waals surface area (Å²) in [6.07, 6.45) is 0. The molecule has 2 aromatic carbocycles. The van der Waals surface area contributed by atoms with Gasteiger partial charge in [0.25, 0.3) is 0 Å². The number of halogens is 1. The second-order valence-electron chi connectivity index (χ2n) is 5.33. The number of hydrogen-bond donors (Lipinski definition) is 0. The molecular weight excluding hydrogens is 296 g/mol. The normalized spacial score (nSPS) is 21.4. The Bertz CT molecular complexity index is 786. The molecule has 0 radical (unpaired) electrons. The number of nitriles is 2. The maximum absolute atomic E-state index is 12.7. The lowest BCUT2D eigenvalue weighted by Gasteiger charge is -2.00. The molecule has 0 bridgehead atoms. The molecule has 0 saturated heterocycles. The Balaban J connectivity index is 2.00. The van der Waals surface area contributed by atoms with Crippen LogP contribution < -0.4 is 0 Å². The van der Waals surface area contributed by atoms with Crippen LogP contribution >= 0.6 is 11.6 Å². The summed E-state index contributed by atoms with van der Waals surface area (Å²) >= 11 is 5.87. The fourth-order valence-corrected chi connectivity index (χ4v) is 3.08. The molecule has 1 saturated carbocycles. The van der Waals surface area contributed by atoms with E-state index in [1.54, 1.807) is 48.5 Å². The van der Waals surface area contributed by atoms with Crippen molar-refractivity contribution in [3.8, 4) is 12.1 Å². The number of carbonyl (C=O) groups excluding carboxylic acids is 1. The third kappa shape index (κ3) is 2.08. The number of ketones is 1. The van der Waals surface area contributed by atoms with E-state index < -0.39 is 17.3 Å². The van der Waals surface area contributed by atoms with Gasteiger partial charge in [-0.15, -0.1) is 0 Å². The van der Waals surface area contributed by atoms with Crippen LogP contribution in [-0.4, -0.2) is 5.78 Å². The zero-order chi connectivity index (χ0) is 15.7. The molecule has 3 nitrogen and oxygen atoms in total. The van der Waals surface area contributed by atoms with Crippen LogP contribution in [0.5, 0.6) is 0 Å². The third-order valence-corrected chi connectivity index (χ3v) is 4.40. The lowest BCUT2D eigenvalue weighted by atomic mass is 10.0. The fourth-order valence-electron chi connectivity index (χ4n) is 2.96. The summed E-state index contributed by atoms with van der Waals surface area (Å²) in [4.78, 5) is 12.7.